The van der Waals surface area contributed by atoms with Gasteiger partial charge in [-0.25, -0.2) is 14.6 Å². The van der Waals surface area contributed by atoms with Gasteiger partial charge < -0.3 is 4.98 Å². The standard InChI is InChI=1S/C19H18N6O/c1-12(2)17-13(11-21-25(17)16-9-5-6-10-20-16)18(26)24-19-22-14-7-3-4-8-15(14)23-19/h3-12H,1-2H3,(H2,22,23,24,26). The van der Waals surface area contributed by atoms with Gasteiger partial charge in [0.15, 0.2) is 5.82 Å². The predicted molar refractivity (Wildman–Crippen MR) is 99.5 cm³/mol. The zero-order valence-electron chi connectivity index (χ0n) is 14.5. The Labute approximate surface area is 150 Å². The Kier molecular flexibility index (Phi) is 3.96. The number of para-hydroxylation sites is 2. The largest absolute Gasteiger partial charge is 0.324 e. The maximum Gasteiger partial charge on any atom is 0.261 e. The first-order valence-corrected chi connectivity index (χ1v) is 8.39. The molecule has 26 heavy (non-hydrogen) atoms. The number of carbonyl (C=O) groups excluding carboxylic acids is 1. The van der Waals surface area contributed by atoms with Crippen LogP contribution in [0.25, 0.3) is 16.9 Å². The summed E-state index contributed by atoms with van der Waals surface area (Å²) >= 11 is 0. The fourth-order valence-electron chi connectivity index (χ4n) is 2.94. The van der Waals surface area contributed by atoms with E-state index in [0.29, 0.717) is 17.3 Å². The number of pyridine rings is 1. The highest BCUT2D eigenvalue weighted by Gasteiger charge is 2.22. The number of anilines is 1. The van der Waals surface area contributed by atoms with Gasteiger partial charge in [0.1, 0.15) is 0 Å². The van der Waals surface area contributed by atoms with E-state index in [2.05, 4.69) is 25.4 Å². The average molecular weight is 346 g/mol. The van der Waals surface area contributed by atoms with Gasteiger partial charge >= 0.3 is 0 Å². The number of aromatic amines is 1. The van der Waals surface area contributed by atoms with Crippen LogP contribution in [-0.4, -0.2) is 30.6 Å². The molecule has 130 valence electrons. The summed E-state index contributed by atoms with van der Waals surface area (Å²) in [7, 11) is 0. The molecule has 7 heteroatoms. The van der Waals surface area contributed by atoms with Gasteiger partial charge in [-0.1, -0.05) is 32.0 Å². The molecule has 4 rings (SSSR count). The van der Waals surface area contributed by atoms with Gasteiger partial charge in [0.05, 0.1) is 28.5 Å². The number of fused-ring (bicyclic) bond motifs is 1. The van der Waals surface area contributed by atoms with E-state index in [4.69, 9.17) is 0 Å². The second-order valence-corrected chi connectivity index (χ2v) is 6.25. The molecule has 1 amide bonds. The molecule has 0 fully saturated rings. The second kappa shape index (κ2) is 6.44. The molecular formula is C19H18N6O. The lowest BCUT2D eigenvalue weighted by Gasteiger charge is -2.11. The van der Waals surface area contributed by atoms with E-state index in [0.717, 1.165) is 16.7 Å². The van der Waals surface area contributed by atoms with E-state index in [1.165, 1.54) is 0 Å². The van der Waals surface area contributed by atoms with Gasteiger partial charge in [-0.2, -0.15) is 5.10 Å². The summed E-state index contributed by atoms with van der Waals surface area (Å²) in [5.41, 5.74) is 2.98. The molecule has 0 saturated heterocycles. The number of aromatic nitrogens is 5. The minimum absolute atomic E-state index is 0.0935. The maximum absolute atomic E-state index is 12.8. The smallest absolute Gasteiger partial charge is 0.261 e. The van der Waals surface area contributed by atoms with Gasteiger partial charge in [0, 0.05) is 6.20 Å². The molecule has 0 spiro atoms. The molecule has 4 aromatic rings. The van der Waals surface area contributed by atoms with Gasteiger partial charge in [0.2, 0.25) is 5.95 Å². The van der Waals surface area contributed by atoms with Crippen molar-refractivity contribution in [3.05, 3.63) is 66.1 Å². The Hall–Kier alpha value is -3.48. The number of H-pyrrole nitrogens is 1. The Morgan fingerprint density at radius 1 is 1.15 bits per heavy atom. The van der Waals surface area contributed by atoms with E-state index < -0.39 is 0 Å². The van der Waals surface area contributed by atoms with Crippen LogP contribution in [0.1, 0.15) is 35.8 Å². The number of nitrogens with zero attached hydrogens (tertiary/aromatic N) is 4. The van der Waals surface area contributed by atoms with Crippen molar-refractivity contribution >= 4 is 22.9 Å². The van der Waals surface area contributed by atoms with E-state index >= 15 is 0 Å². The third-order valence-corrected chi connectivity index (χ3v) is 4.09. The van der Waals surface area contributed by atoms with Crippen molar-refractivity contribution in [2.45, 2.75) is 19.8 Å². The number of carbonyl (C=O) groups is 1. The average Bonchev–Trinajstić information content (AvgIpc) is 3.26. The van der Waals surface area contributed by atoms with Crippen LogP contribution in [0.4, 0.5) is 5.95 Å². The summed E-state index contributed by atoms with van der Waals surface area (Å²) in [4.78, 5) is 24.6. The summed E-state index contributed by atoms with van der Waals surface area (Å²) in [5.74, 6) is 0.932. The monoisotopic (exact) mass is 346 g/mol. The highest BCUT2D eigenvalue weighted by atomic mass is 16.1. The minimum atomic E-state index is -0.255. The van der Waals surface area contributed by atoms with Crippen LogP contribution in [0.5, 0.6) is 0 Å². The Morgan fingerprint density at radius 3 is 2.69 bits per heavy atom. The predicted octanol–water partition coefficient (Wildman–Crippen LogP) is 3.52. The van der Waals surface area contributed by atoms with E-state index in [-0.39, 0.29) is 11.8 Å². The van der Waals surface area contributed by atoms with Crippen LogP contribution in [0.3, 0.4) is 0 Å². The second-order valence-electron chi connectivity index (χ2n) is 6.25. The Bertz CT molecular complexity index is 1030. The highest BCUT2D eigenvalue weighted by Crippen LogP contribution is 2.23. The fraction of sp³-hybridized carbons (Fsp3) is 0.158. The van der Waals surface area contributed by atoms with Gasteiger partial charge in [-0.15, -0.1) is 0 Å². The van der Waals surface area contributed by atoms with Crippen molar-refractivity contribution < 1.29 is 4.79 Å². The SMILES string of the molecule is CC(C)c1c(C(=O)Nc2nc3ccccc3[nH]2)cnn1-c1ccccn1. The van der Waals surface area contributed by atoms with Crippen molar-refractivity contribution in [3.63, 3.8) is 0 Å². The van der Waals surface area contributed by atoms with Crippen molar-refractivity contribution in [1.82, 2.24) is 24.7 Å². The van der Waals surface area contributed by atoms with Crippen LogP contribution in [0.2, 0.25) is 0 Å². The molecule has 0 radical (unpaired) electrons. The number of nitrogens with one attached hydrogen (secondary N) is 2. The molecular weight excluding hydrogens is 328 g/mol. The summed E-state index contributed by atoms with van der Waals surface area (Å²) in [6, 6.07) is 13.2. The summed E-state index contributed by atoms with van der Waals surface area (Å²) in [5, 5.41) is 7.20. The van der Waals surface area contributed by atoms with Crippen LogP contribution >= 0.6 is 0 Å². The quantitative estimate of drug-likeness (QED) is 0.592. The van der Waals surface area contributed by atoms with Gasteiger partial charge in [-0.3, -0.25) is 10.1 Å². The molecule has 0 saturated carbocycles. The van der Waals surface area contributed by atoms with Crippen molar-refractivity contribution in [2.24, 2.45) is 0 Å². The lowest BCUT2D eigenvalue weighted by molar-refractivity contribution is 0.102. The first-order valence-electron chi connectivity index (χ1n) is 8.39. The molecule has 0 unspecified atom stereocenters. The third kappa shape index (κ3) is 2.83. The van der Waals surface area contributed by atoms with Gasteiger partial charge in [0.25, 0.3) is 5.91 Å². The van der Waals surface area contributed by atoms with Crippen molar-refractivity contribution in [2.75, 3.05) is 5.32 Å². The first-order chi connectivity index (χ1) is 12.6. The normalized spacial score (nSPS) is 11.2. The maximum atomic E-state index is 12.8. The number of hydrogen-bond acceptors (Lipinski definition) is 4. The molecule has 0 aliphatic carbocycles. The molecule has 3 heterocycles. The molecule has 1 aromatic carbocycles. The van der Waals surface area contributed by atoms with Crippen molar-refractivity contribution in [1.29, 1.82) is 0 Å². The zero-order chi connectivity index (χ0) is 18.1. The lowest BCUT2D eigenvalue weighted by Crippen LogP contribution is -2.16. The number of amides is 1. The molecule has 2 N–H and O–H groups in total. The number of benzene rings is 1. The lowest BCUT2D eigenvalue weighted by atomic mass is 10.1. The number of imidazole rings is 1. The molecule has 0 bridgehead atoms. The summed E-state index contributed by atoms with van der Waals surface area (Å²) in [6.07, 6.45) is 3.28. The molecule has 0 atom stereocenters. The molecule has 3 aromatic heterocycles. The first kappa shape index (κ1) is 16.0. The summed E-state index contributed by atoms with van der Waals surface area (Å²) in [6.45, 7) is 4.04. The van der Waals surface area contributed by atoms with Gasteiger partial charge in [-0.05, 0) is 30.2 Å². The third-order valence-electron chi connectivity index (χ3n) is 4.09. The van der Waals surface area contributed by atoms with E-state index in [1.54, 1.807) is 17.1 Å². The fourth-order valence-corrected chi connectivity index (χ4v) is 2.94. The summed E-state index contributed by atoms with van der Waals surface area (Å²) < 4.78 is 1.71. The van der Waals surface area contributed by atoms with Crippen LogP contribution < -0.4 is 5.32 Å². The number of rotatable bonds is 4. The van der Waals surface area contributed by atoms with Crippen LogP contribution in [-0.2, 0) is 0 Å². The Morgan fingerprint density at radius 2 is 1.96 bits per heavy atom. The minimum Gasteiger partial charge on any atom is -0.324 e. The van der Waals surface area contributed by atoms with E-state index in [1.807, 2.05) is 56.3 Å². The van der Waals surface area contributed by atoms with E-state index in [9.17, 15) is 4.79 Å². The zero-order valence-corrected chi connectivity index (χ0v) is 14.5. The van der Waals surface area contributed by atoms with Crippen molar-refractivity contribution in [3.8, 4) is 5.82 Å². The van der Waals surface area contributed by atoms with Crippen LogP contribution in [0, 0.1) is 0 Å². The highest BCUT2D eigenvalue weighted by molar-refractivity contribution is 6.04. The molecule has 0 aliphatic rings. The Balaban J connectivity index is 1.68. The molecule has 7 nitrogen and oxygen atoms in total. The molecule has 0 aliphatic heterocycles. The topological polar surface area (TPSA) is 88.5 Å². The van der Waals surface area contributed by atoms with Crippen LogP contribution in [0.15, 0.2) is 54.9 Å². The number of hydrogen-bond donors (Lipinski definition) is 2.